The zero-order valence-electron chi connectivity index (χ0n) is 22.2. The third-order valence-corrected chi connectivity index (χ3v) is 7.98. The van der Waals surface area contributed by atoms with Crippen LogP contribution >= 0.6 is 22.9 Å². The topological polar surface area (TPSA) is 98.2 Å². The van der Waals surface area contributed by atoms with E-state index in [4.69, 9.17) is 26.9 Å². The number of rotatable bonds is 8. The molecule has 204 valence electrons. The van der Waals surface area contributed by atoms with E-state index in [0.29, 0.717) is 39.9 Å². The molecule has 0 radical (unpaired) electrons. The number of nitrogen functional groups attached to an aromatic ring is 1. The van der Waals surface area contributed by atoms with Crippen LogP contribution in [0, 0.1) is 0 Å². The van der Waals surface area contributed by atoms with Gasteiger partial charge in [0.2, 0.25) is 0 Å². The molecule has 2 aromatic carbocycles. The summed E-state index contributed by atoms with van der Waals surface area (Å²) in [6, 6.07) is 11.6. The summed E-state index contributed by atoms with van der Waals surface area (Å²) in [5.41, 5.74) is 10.4. The highest BCUT2D eigenvalue weighted by Crippen LogP contribution is 2.32. The highest BCUT2D eigenvalue weighted by molar-refractivity contribution is 7.13. The summed E-state index contributed by atoms with van der Waals surface area (Å²) in [7, 11) is 3.21. The molecule has 0 amide bonds. The predicted octanol–water partition coefficient (Wildman–Crippen LogP) is 4.56. The van der Waals surface area contributed by atoms with Gasteiger partial charge in [0.25, 0.3) is 0 Å². The number of piperazine rings is 1. The van der Waals surface area contributed by atoms with E-state index in [0.717, 1.165) is 54.4 Å². The third-order valence-electron chi connectivity index (χ3n) is 7.00. The molecule has 0 atom stereocenters. The van der Waals surface area contributed by atoms with Crippen LogP contribution in [-0.2, 0) is 11.4 Å². The first-order valence-electron chi connectivity index (χ1n) is 12.7. The molecule has 4 aromatic rings. The Hall–Kier alpha value is -3.60. The van der Waals surface area contributed by atoms with E-state index in [9.17, 15) is 4.79 Å². The van der Waals surface area contributed by atoms with Gasteiger partial charge in [0.15, 0.2) is 10.6 Å². The molecule has 0 unspecified atom stereocenters. The quantitative estimate of drug-likeness (QED) is 0.246. The van der Waals surface area contributed by atoms with Gasteiger partial charge in [0.1, 0.15) is 18.6 Å². The van der Waals surface area contributed by atoms with Gasteiger partial charge in [-0.2, -0.15) is 0 Å². The highest BCUT2D eigenvalue weighted by atomic mass is 35.5. The number of pyridine rings is 1. The lowest BCUT2D eigenvalue weighted by Crippen LogP contribution is -2.48. The van der Waals surface area contributed by atoms with E-state index >= 15 is 0 Å². The number of ether oxygens (including phenoxy) is 1. The molecule has 1 aliphatic heterocycles. The molecule has 9 nitrogen and oxygen atoms in total. The van der Waals surface area contributed by atoms with Crippen molar-refractivity contribution in [3.8, 4) is 17.0 Å². The predicted molar refractivity (Wildman–Crippen MR) is 160 cm³/mol. The van der Waals surface area contributed by atoms with Crippen LogP contribution in [0.4, 0.5) is 10.8 Å². The van der Waals surface area contributed by atoms with Crippen LogP contribution in [0.3, 0.4) is 0 Å². The Kier molecular flexibility index (Phi) is 8.06. The van der Waals surface area contributed by atoms with Crippen LogP contribution < -0.4 is 20.8 Å². The van der Waals surface area contributed by atoms with E-state index in [1.165, 1.54) is 11.3 Å². The Labute approximate surface area is 236 Å². The lowest BCUT2D eigenvalue weighted by Gasteiger charge is -2.36. The molecule has 2 N–H and O–H groups in total. The Balaban J connectivity index is 1.38. The molecule has 1 saturated heterocycles. The first-order chi connectivity index (χ1) is 18.9. The van der Waals surface area contributed by atoms with E-state index in [-0.39, 0.29) is 5.43 Å². The second-order valence-electron chi connectivity index (χ2n) is 9.26. The molecule has 3 heterocycles. The molecule has 0 saturated carbocycles. The summed E-state index contributed by atoms with van der Waals surface area (Å²) in [6.45, 7) is 6.53. The van der Waals surface area contributed by atoms with Crippen LogP contribution in [0.2, 0.25) is 5.02 Å². The van der Waals surface area contributed by atoms with Gasteiger partial charge in [-0.1, -0.05) is 16.8 Å². The summed E-state index contributed by atoms with van der Waals surface area (Å²) in [5, 5.41) is 7.79. The lowest BCUT2D eigenvalue weighted by atomic mass is 10.1. The third kappa shape index (κ3) is 5.59. The second kappa shape index (κ2) is 11.6. The van der Waals surface area contributed by atoms with E-state index in [1.807, 2.05) is 59.5 Å². The largest absolute Gasteiger partial charge is 0.497 e. The van der Waals surface area contributed by atoms with Crippen molar-refractivity contribution >= 4 is 50.4 Å². The molecule has 1 aliphatic rings. The van der Waals surface area contributed by atoms with Crippen LogP contribution in [0.15, 0.2) is 57.9 Å². The summed E-state index contributed by atoms with van der Waals surface area (Å²) >= 11 is 8.13. The van der Waals surface area contributed by atoms with Crippen molar-refractivity contribution in [2.75, 3.05) is 57.6 Å². The Morgan fingerprint density at radius 3 is 2.51 bits per heavy atom. The zero-order valence-corrected chi connectivity index (χ0v) is 23.8. The number of methoxy groups -OCH3 is 1. The number of oxime groups is 1. The minimum absolute atomic E-state index is 0.0727. The van der Waals surface area contributed by atoms with Gasteiger partial charge in [-0.05, 0) is 43.3 Å². The monoisotopic (exact) mass is 566 g/mol. The molecule has 2 aromatic heterocycles. The summed E-state index contributed by atoms with van der Waals surface area (Å²) in [5.74, 6) is 0.796. The average molecular weight is 567 g/mol. The van der Waals surface area contributed by atoms with Crippen LogP contribution in [0.5, 0.6) is 5.75 Å². The van der Waals surface area contributed by atoms with Gasteiger partial charge in [0, 0.05) is 61.8 Å². The van der Waals surface area contributed by atoms with Crippen molar-refractivity contribution in [1.82, 2.24) is 14.5 Å². The molecule has 39 heavy (non-hydrogen) atoms. The van der Waals surface area contributed by atoms with E-state index < -0.39 is 0 Å². The second-order valence-corrected chi connectivity index (χ2v) is 10.6. The summed E-state index contributed by atoms with van der Waals surface area (Å²) < 4.78 is 7.31. The van der Waals surface area contributed by atoms with Crippen molar-refractivity contribution in [2.24, 2.45) is 5.16 Å². The first-order valence-corrected chi connectivity index (χ1v) is 14.0. The number of nitrogens with zero attached hydrogens (tertiary/aromatic N) is 5. The smallest absolute Gasteiger partial charge is 0.198 e. The highest BCUT2D eigenvalue weighted by Gasteiger charge is 2.23. The molecule has 0 bridgehead atoms. The van der Waals surface area contributed by atoms with Crippen molar-refractivity contribution in [3.05, 3.63) is 68.8 Å². The Bertz CT molecular complexity index is 1560. The fourth-order valence-corrected chi connectivity index (χ4v) is 5.76. The number of halogens is 1. The molecule has 11 heteroatoms. The van der Waals surface area contributed by atoms with Gasteiger partial charge < -0.3 is 24.8 Å². The van der Waals surface area contributed by atoms with Crippen molar-refractivity contribution in [3.63, 3.8) is 0 Å². The molecule has 0 aliphatic carbocycles. The van der Waals surface area contributed by atoms with Gasteiger partial charge in [0.05, 0.1) is 34.6 Å². The molecular weight excluding hydrogens is 536 g/mol. The number of hydrogen-bond donors (Lipinski definition) is 1. The zero-order chi connectivity index (χ0) is 27.5. The number of benzene rings is 2. The van der Waals surface area contributed by atoms with Gasteiger partial charge in [-0.3, -0.25) is 9.69 Å². The Morgan fingerprint density at radius 1 is 1.15 bits per heavy atom. The maximum atomic E-state index is 13.6. The molecule has 1 fully saturated rings. The standard InChI is InChI=1S/C28H31ClN6O3S/c1-4-34-15-21(24-17-39-28(30)31-24)27(36)20-13-26(22(29)14-25(20)34)35-11-9-33(10-12-35)16-23(32-38-3)18-5-7-19(37-2)8-6-18/h5-8,13-15,17H,4,9-12,16H2,1-3H3,(H2,30,31)/b32-23-. The first kappa shape index (κ1) is 27.0. The maximum Gasteiger partial charge on any atom is 0.198 e. The van der Waals surface area contributed by atoms with Gasteiger partial charge in [-0.25, -0.2) is 4.98 Å². The van der Waals surface area contributed by atoms with Crippen LogP contribution in [0.25, 0.3) is 22.2 Å². The maximum absolute atomic E-state index is 13.6. The van der Waals surface area contributed by atoms with Crippen LogP contribution in [-0.4, -0.2) is 67.1 Å². The molecular formula is C28H31ClN6O3S. The SMILES string of the molecule is CCn1cc(-c2csc(N)n2)c(=O)c2cc(N3CCN(C/C(=N/OC)c4ccc(OC)cc4)CC3)c(Cl)cc21. The van der Waals surface area contributed by atoms with Crippen molar-refractivity contribution in [1.29, 1.82) is 0 Å². The van der Waals surface area contributed by atoms with E-state index in [2.05, 4.69) is 19.9 Å². The fourth-order valence-electron chi connectivity index (χ4n) is 4.92. The number of fused-ring (bicyclic) bond motifs is 1. The lowest BCUT2D eigenvalue weighted by molar-refractivity contribution is 0.209. The number of aromatic nitrogens is 2. The molecule has 5 rings (SSSR count). The average Bonchev–Trinajstić information content (AvgIpc) is 3.39. The van der Waals surface area contributed by atoms with E-state index in [1.54, 1.807) is 14.2 Å². The Morgan fingerprint density at radius 2 is 1.90 bits per heavy atom. The molecule has 0 spiro atoms. The van der Waals surface area contributed by atoms with Gasteiger partial charge in [-0.15, -0.1) is 11.3 Å². The minimum atomic E-state index is -0.0727. The minimum Gasteiger partial charge on any atom is -0.497 e. The van der Waals surface area contributed by atoms with Crippen molar-refractivity contribution < 1.29 is 9.57 Å². The number of nitrogens with two attached hydrogens (primary N) is 1. The number of anilines is 2. The number of thiazole rings is 1. The number of aryl methyl sites for hydroxylation is 1. The van der Waals surface area contributed by atoms with Crippen molar-refractivity contribution in [2.45, 2.75) is 13.5 Å². The summed E-state index contributed by atoms with van der Waals surface area (Å²) in [6.07, 6.45) is 1.84. The fraction of sp³-hybridized carbons (Fsp3) is 0.321. The van der Waals surface area contributed by atoms with Gasteiger partial charge >= 0.3 is 0 Å². The summed E-state index contributed by atoms with van der Waals surface area (Å²) in [4.78, 5) is 27.6. The number of hydrogen-bond acceptors (Lipinski definition) is 9. The van der Waals surface area contributed by atoms with Crippen LogP contribution in [0.1, 0.15) is 12.5 Å². The normalized spacial score (nSPS) is 14.7.